The molecule has 1 rings (SSSR count). The van der Waals surface area contributed by atoms with Crippen LogP contribution in [0.3, 0.4) is 0 Å². The molecule has 9 nitrogen and oxygen atoms in total. The van der Waals surface area contributed by atoms with E-state index in [2.05, 4.69) is 18.9 Å². The van der Waals surface area contributed by atoms with Gasteiger partial charge in [-0.05, 0) is 12.8 Å². The van der Waals surface area contributed by atoms with Gasteiger partial charge < -0.3 is 18.9 Å². The first-order valence-electron chi connectivity index (χ1n) is 8.71. The predicted octanol–water partition coefficient (Wildman–Crippen LogP) is 1.19. The fourth-order valence-electron chi connectivity index (χ4n) is 2.86. The maximum Gasteiger partial charge on any atom is 0.320 e. The number of carbonyl (C=O) groups excluding carboxylic acids is 5. The monoisotopic (exact) mass is 408 g/mol. The van der Waals surface area contributed by atoms with Gasteiger partial charge in [0.1, 0.15) is 0 Å². The molecule has 0 N–H and O–H groups in total. The van der Waals surface area contributed by atoms with E-state index < -0.39 is 47.4 Å². The molecule has 158 valence electrons. The van der Waals surface area contributed by atoms with Gasteiger partial charge in [-0.2, -0.15) is 0 Å². The number of esters is 4. The Kier molecular flexibility index (Phi) is 9.50. The molecule has 0 saturated carbocycles. The van der Waals surface area contributed by atoms with Crippen LogP contribution in [-0.2, 0) is 38.1 Å². The van der Waals surface area contributed by atoms with E-state index in [1.54, 1.807) is 30.3 Å². The molecule has 0 atom stereocenters. The number of rotatable bonds is 10. The molecule has 0 aliphatic heterocycles. The van der Waals surface area contributed by atoms with Gasteiger partial charge in [0, 0.05) is 11.5 Å². The highest BCUT2D eigenvalue weighted by Gasteiger charge is 2.39. The van der Waals surface area contributed by atoms with Crippen molar-refractivity contribution in [2.24, 2.45) is 17.8 Å². The van der Waals surface area contributed by atoms with Gasteiger partial charge >= 0.3 is 23.9 Å². The summed E-state index contributed by atoms with van der Waals surface area (Å²) < 4.78 is 18.5. The molecule has 0 radical (unpaired) electrons. The summed E-state index contributed by atoms with van der Waals surface area (Å²) in [7, 11) is 4.38. The van der Waals surface area contributed by atoms with Crippen molar-refractivity contribution in [3.8, 4) is 0 Å². The van der Waals surface area contributed by atoms with Gasteiger partial charge in [-0.15, -0.1) is 0 Å². The van der Waals surface area contributed by atoms with E-state index in [-0.39, 0.29) is 12.8 Å². The zero-order valence-electron chi connectivity index (χ0n) is 16.7. The lowest BCUT2D eigenvalue weighted by atomic mass is 9.82. The molecule has 1 aromatic rings. The molecule has 0 saturated heterocycles. The molecular weight excluding hydrogens is 384 g/mol. The number of carbonyl (C=O) groups is 5. The van der Waals surface area contributed by atoms with E-state index >= 15 is 0 Å². The lowest BCUT2D eigenvalue weighted by Gasteiger charge is -2.22. The highest BCUT2D eigenvalue weighted by Crippen LogP contribution is 2.27. The zero-order chi connectivity index (χ0) is 22.0. The Morgan fingerprint density at radius 3 is 1.31 bits per heavy atom. The molecule has 0 unspecified atom stereocenters. The summed E-state index contributed by atoms with van der Waals surface area (Å²) in [6, 6.07) is 8.09. The topological polar surface area (TPSA) is 122 Å². The number of benzene rings is 1. The van der Waals surface area contributed by atoms with Crippen molar-refractivity contribution in [3.05, 3.63) is 35.9 Å². The Labute approximate surface area is 168 Å². The predicted molar refractivity (Wildman–Crippen MR) is 98.5 cm³/mol. The highest BCUT2D eigenvalue weighted by atomic mass is 16.5. The Morgan fingerprint density at radius 2 is 1.00 bits per heavy atom. The summed E-state index contributed by atoms with van der Waals surface area (Å²) in [6.45, 7) is 0. The molecule has 0 spiro atoms. The van der Waals surface area contributed by atoms with Gasteiger partial charge in [-0.3, -0.25) is 24.0 Å². The molecule has 0 bridgehead atoms. The van der Waals surface area contributed by atoms with Crippen molar-refractivity contribution >= 4 is 29.7 Å². The average Bonchev–Trinajstić information content (AvgIpc) is 2.77. The van der Waals surface area contributed by atoms with Gasteiger partial charge in [0.15, 0.2) is 17.6 Å². The number of hydrogen-bond acceptors (Lipinski definition) is 9. The van der Waals surface area contributed by atoms with Crippen LogP contribution in [0.15, 0.2) is 30.3 Å². The summed E-state index contributed by atoms with van der Waals surface area (Å²) >= 11 is 0. The van der Waals surface area contributed by atoms with Crippen LogP contribution >= 0.6 is 0 Å². The second-order valence-corrected chi connectivity index (χ2v) is 6.10. The Balaban J connectivity index is 3.31. The second kappa shape index (κ2) is 11.6. The van der Waals surface area contributed by atoms with Gasteiger partial charge in [0.2, 0.25) is 0 Å². The molecule has 29 heavy (non-hydrogen) atoms. The molecule has 0 amide bonds. The summed E-state index contributed by atoms with van der Waals surface area (Å²) in [5.41, 5.74) is 0.291. The van der Waals surface area contributed by atoms with Gasteiger partial charge in [-0.1, -0.05) is 30.3 Å². The SMILES string of the molecule is COC(=O)C(CC(CC(C(=O)OC)C(=O)OC)C(=O)c1ccccc1)C(=O)OC. The second-order valence-electron chi connectivity index (χ2n) is 6.10. The Morgan fingerprint density at radius 1 is 0.655 bits per heavy atom. The summed E-state index contributed by atoms with van der Waals surface area (Å²) in [5.74, 6) is -7.90. The van der Waals surface area contributed by atoms with Crippen molar-refractivity contribution < 1.29 is 42.9 Å². The first-order chi connectivity index (χ1) is 13.8. The van der Waals surface area contributed by atoms with Crippen LogP contribution in [-0.4, -0.2) is 58.1 Å². The zero-order valence-corrected chi connectivity index (χ0v) is 16.7. The smallest absolute Gasteiger partial charge is 0.320 e. The van der Waals surface area contributed by atoms with E-state index in [4.69, 9.17) is 0 Å². The third-order valence-corrected chi connectivity index (χ3v) is 4.41. The molecule has 1 aromatic carbocycles. The lowest BCUT2D eigenvalue weighted by molar-refractivity contribution is -0.159. The molecule has 0 heterocycles. The number of methoxy groups -OCH3 is 4. The molecule has 0 aliphatic rings. The van der Waals surface area contributed by atoms with Crippen LogP contribution in [0.2, 0.25) is 0 Å². The standard InChI is InChI=1S/C20H24O9/c1-26-17(22)14(18(23)27-2)10-13(16(21)12-8-6-5-7-9-12)11-15(19(24)28-3)20(25)29-4/h5-9,13-15H,10-11H2,1-4H3. The molecular formula is C20H24O9. The third-order valence-electron chi connectivity index (χ3n) is 4.41. The van der Waals surface area contributed by atoms with Gasteiger partial charge in [-0.25, -0.2) is 0 Å². The molecule has 0 aromatic heterocycles. The maximum absolute atomic E-state index is 13.1. The fourth-order valence-corrected chi connectivity index (χ4v) is 2.86. The van der Waals surface area contributed by atoms with E-state index in [0.717, 1.165) is 28.4 Å². The minimum atomic E-state index is -1.40. The normalized spacial score (nSPS) is 10.6. The minimum absolute atomic E-state index is 0.291. The molecule has 0 fully saturated rings. The summed E-state index contributed by atoms with van der Waals surface area (Å²) in [6.07, 6.45) is -0.644. The van der Waals surface area contributed by atoms with E-state index in [1.807, 2.05) is 0 Å². The van der Waals surface area contributed by atoms with Crippen LogP contribution in [0.4, 0.5) is 0 Å². The minimum Gasteiger partial charge on any atom is -0.468 e. The Hall–Kier alpha value is -3.23. The lowest BCUT2D eigenvalue weighted by Crippen LogP contribution is -2.35. The van der Waals surface area contributed by atoms with Crippen molar-refractivity contribution in [1.82, 2.24) is 0 Å². The van der Waals surface area contributed by atoms with Crippen molar-refractivity contribution in [1.29, 1.82) is 0 Å². The molecule has 9 heteroatoms. The van der Waals surface area contributed by atoms with Crippen molar-refractivity contribution in [2.45, 2.75) is 12.8 Å². The van der Waals surface area contributed by atoms with Crippen LogP contribution < -0.4 is 0 Å². The summed E-state index contributed by atoms with van der Waals surface area (Å²) in [5, 5.41) is 0. The van der Waals surface area contributed by atoms with Crippen LogP contribution in [0, 0.1) is 17.8 Å². The van der Waals surface area contributed by atoms with Gasteiger partial charge in [0.05, 0.1) is 28.4 Å². The fraction of sp³-hybridized carbons (Fsp3) is 0.450. The first-order valence-corrected chi connectivity index (χ1v) is 8.71. The number of Topliss-reactive ketones (excluding diaryl/α,β-unsaturated/α-hetero) is 1. The number of hydrogen-bond donors (Lipinski definition) is 0. The van der Waals surface area contributed by atoms with E-state index in [0.29, 0.717) is 5.56 Å². The van der Waals surface area contributed by atoms with Crippen LogP contribution in [0.25, 0.3) is 0 Å². The van der Waals surface area contributed by atoms with Crippen molar-refractivity contribution in [2.75, 3.05) is 28.4 Å². The number of ether oxygens (including phenoxy) is 4. The third kappa shape index (κ3) is 6.41. The maximum atomic E-state index is 13.1. The van der Waals surface area contributed by atoms with Gasteiger partial charge in [0.25, 0.3) is 0 Å². The van der Waals surface area contributed by atoms with Crippen molar-refractivity contribution in [3.63, 3.8) is 0 Å². The number of ketones is 1. The summed E-state index contributed by atoms with van der Waals surface area (Å²) in [4.78, 5) is 61.3. The van der Waals surface area contributed by atoms with E-state index in [1.165, 1.54) is 0 Å². The van der Waals surface area contributed by atoms with Crippen LogP contribution in [0.1, 0.15) is 23.2 Å². The highest BCUT2D eigenvalue weighted by molar-refractivity contribution is 6.01. The molecule has 0 aliphatic carbocycles. The van der Waals surface area contributed by atoms with E-state index in [9.17, 15) is 24.0 Å². The average molecular weight is 408 g/mol. The quantitative estimate of drug-likeness (QED) is 0.243. The Bertz CT molecular complexity index is 672. The van der Waals surface area contributed by atoms with Crippen LogP contribution in [0.5, 0.6) is 0 Å². The first kappa shape index (κ1) is 23.8. The largest absolute Gasteiger partial charge is 0.468 e.